The van der Waals surface area contributed by atoms with Gasteiger partial charge in [-0.25, -0.2) is 9.97 Å². The van der Waals surface area contributed by atoms with E-state index in [1.54, 1.807) is 40.1 Å². The van der Waals surface area contributed by atoms with Gasteiger partial charge in [0.25, 0.3) is 5.91 Å². The van der Waals surface area contributed by atoms with E-state index in [1.165, 1.54) is 13.1 Å². The van der Waals surface area contributed by atoms with Gasteiger partial charge >= 0.3 is 0 Å². The number of nitrogens with zero attached hydrogens (tertiary/aromatic N) is 4. The van der Waals surface area contributed by atoms with Crippen molar-refractivity contribution in [3.63, 3.8) is 0 Å². The number of piperazine rings is 1. The van der Waals surface area contributed by atoms with Crippen molar-refractivity contribution in [1.82, 2.24) is 19.8 Å². The van der Waals surface area contributed by atoms with Gasteiger partial charge in [0.05, 0.1) is 0 Å². The average molecular weight is 368 g/mol. The molecule has 9 heteroatoms. The van der Waals surface area contributed by atoms with E-state index in [0.717, 1.165) is 12.1 Å². The molecule has 3 amide bonds. The van der Waals surface area contributed by atoms with Gasteiger partial charge in [-0.1, -0.05) is 0 Å². The van der Waals surface area contributed by atoms with Crippen LogP contribution in [-0.2, 0) is 9.59 Å². The predicted octanol–water partition coefficient (Wildman–Crippen LogP) is 1.09. The van der Waals surface area contributed by atoms with Crippen molar-refractivity contribution in [2.24, 2.45) is 0 Å². The molecule has 0 spiro atoms. The Balaban J connectivity index is 1.65. The summed E-state index contributed by atoms with van der Waals surface area (Å²) < 4.78 is 0. The van der Waals surface area contributed by atoms with Crippen LogP contribution in [0.15, 0.2) is 36.5 Å². The Morgan fingerprint density at radius 3 is 2.33 bits per heavy atom. The number of nitrogens with one attached hydrogen (secondary N) is 2. The molecule has 2 N–H and O–H groups in total. The molecule has 0 radical (unpaired) electrons. The van der Waals surface area contributed by atoms with E-state index < -0.39 is 0 Å². The van der Waals surface area contributed by atoms with Gasteiger partial charge in [-0.3, -0.25) is 14.4 Å². The van der Waals surface area contributed by atoms with Crippen LogP contribution >= 0.6 is 0 Å². The number of amides is 3. The van der Waals surface area contributed by atoms with E-state index in [2.05, 4.69) is 20.6 Å². The van der Waals surface area contributed by atoms with Gasteiger partial charge in [-0.15, -0.1) is 0 Å². The highest BCUT2D eigenvalue weighted by Crippen LogP contribution is 2.17. The van der Waals surface area contributed by atoms with Crippen molar-refractivity contribution < 1.29 is 14.4 Å². The molecule has 9 nitrogen and oxygen atoms in total. The highest BCUT2D eigenvalue weighted by molar-refractivity contribution is 5.92. The minimum absolute atomic E-state index is 0.140. The number of anilines is 3. The second kappa shape index (κ2) is 8.26. The summed E-state index contributed by atoms with van der Waals surface area (Å²) in [6, 6.07) is 8.64. The Kier molecular flexibility index (Phi) is 5.60. The van der Waals surface area contributed by atoms with Crippen LogP contribution in [0.4, 0.5) is 17.3 Å². The van der Waals surface area contributed by atoms with Crippen molar-refractivity contribution in [3.05, 3.63) is 42.2 Å². The molecule has 2 heterocycles. The third-order valence-electron chi connectivity index (χ3n) is 4.09. The largest absolute Gasteiger partial charge is 0.342 e. The van der Waals surface area contributed by atoms with Gasteiger partial charge in [0.15, 0.2) is 0 Å². The van der Waals surface area contributed by atoms with Crippen molar-refractivity contribution in [1.29, 1.82) is 0 Å². The van der Waals surface area contributed by atoms with E-state index >= 15 is 0 Å². The molecule has 1 saturated heterocycles. The van der Waals surface area contributed by atoms with E-state index in [4.69, 9.17) is 0 Å². The fourth-order valence-electron chi connectivity index (χ4n) is 2.70. The van der Waals surface area contributed by atoms with Crippen molar-refractivity contribution in [2.45, 2.75) is 6.92 Å². The van der Waals surface area contributed by atoms with Crippen LogP contribution < -0.4 is 10.6 Å². The Labute approximate surface area is 156 Å². The Hall–Kier alpha value is -3.49. The number of carbonyl (C=O) groups is 3. The van der Waals surface area contributed by atoms with Crippen LogP contribution in [0.5, 0.6) is 0 Å². The molecule has 0 atom stereocenters. The highest BCUT2D eigenvalue weighted by atomic mass is 16.2. The van der Waals surface area contributed by atoms with Crippen LogP contribution in [0.25, 0.3) is 0 Å². The summed E-state index contributed by atoms with van der Waals surface area (Å²) in [6.45, 7) is 3.45. The van der Waals surface area contributed by atoms with Crippen LogP contribution in [0.1, 0.15) is 17.4 Å². The van der Waals surface area contributed by atoms with Gasteiger partial charge in [-0.05, 0) is 30.3 Å². The molecule has 1 aromatic carbocycles. The predicted molar refractivity (Wildman–Crippen MR) is 99.6 cm³/mol. The standard InChI is InChI=1S/C18H20N6O3/c1-13(26)20-14-2-4-15(5-3-14)21-18-19-7-6-16(22-18)17(27)24-10-8-23(12-25)9-11-24/h2-7,12H,8-11H2,1H3,(H,20,26)(H,19,21,22). The summed E-state index contributed by atoms with van der Waals surface area (Å²) in [5.41, 5.74) is 1.71. The second-order valence-corrected chi connectivity index (χ2v) is 6.08. The van der Waals surface area contributed by atoms with Crippen LogP contribution in [-0.4, -0.2) is 64.2 Å². The third-order valence-corrected chi connectivity index (χ3v) is 4.09. The molecule has 27 heavy (non-hydrogen) atoms. The molecular weight excluding hydrogens is 348 g/mol. The first-order valence-electron chi connectivity index (χ1n) is 8.51. The molecule has 0 saturated carbocycles. The third kappa shape index (κ3) is 4.78. The zero-order valence-electron chi connectivity index (χ0n) is 14.9. The Morgan fingerprint density at radius 2 is 1.70 bits per heavy atom. The quantitative estimate of drug-likeness (QED) is 0.765. The molecule has 1 aliphatic heterocycles. The lowest BCUT2D eigenvalue weighted by Crippen LogP contribution is -2.48. The fourth-order valence-corrected chi connectivity index (χ4v) is 2.70. The molecule has 1 aromatic heterocycles. The maximum Gasteiger partial charge on any atom is 0.272 e. The summed E-state index contributed by atoms with van der Waals surface area (Å²) in [5.74, 6) is -0.0223. The van der Waals surface area contributed by atoms with Gasteiger partial charge in [-0.2, -0.15) is 0 Å². The summed E-state index contributed by atoms with van der Waals surface area (Å²) in [4.78, 5) is 46.2. The number of benzene rings is 1. The van der Waals surface area contributed by atoms with Gasteiger partial charge in [0, 0.05) is 50.7 Å². The maximum atomic E-state index is 12.6. The summed E-state index contributed by atoms with van der Waals surface area (Å²) in [5, 5.41) is 5.73. The number of hydrogen-bond acceptors (Lipinski definition) is 6. The van der Waals surface area contributed by atoms with Crippen molar-refractivity contribution in [2.75, 3.05) is 36.8 Å². The molecule has 1 fully saturated rings. The summed E-state index contributed by atoms with van der Waals surface area (Å²) in [7, 11) is 0. The van der Waals surface area contributed by atoms with Crippen molar-refractivity contribution in [3.8, 4) is 0 Å². The normalized spacial score (nSPS) is 13.8. The lowest BCUT2D eigenvalue weighted by atomic mass is 10.2. The first-order chi connectivity index (χ1) is 13.0. The molecule has 1 aliphatic rings. The zero-order valence-corrected chi connectivity index (χ0v) is 14.9. The minimum atomic E-state index is -0.188. The molecule has 0 aliphatic carbocycles. The monoisotopic (exact) mass is 368 g/mol. The maximum absolute atomic E-state index is 12.6. The van der Waals surface area contributed by atoms with E-state index in [0.29, 0.717) is 43.5 Å². The Bertz CT molecular complexity index is 831. The van der Waals surface area contributed by atoms with E-state index in [-0.39, 0.29) is 11.8 Å². The number of hydrogen-bond donors (Lipinski definition) is 2. The first-order valence-corrected chi connectivity index (χ1v) is 8.51. The summed E-state index contributed by atoms with van der Waals surface area (Å²) >= 11 is 0. The first kappa shape index (κ1) is 18.3. The minimum Gasteiger partial charge on any atom is -0.342 e. The highest BCUT2D eigenvalue weighted by Gasteiger charge is 2.22. The second-order valence-electron chi connectivity index (χ2n) is 6.08. The smallest absolute Gasteiger partial charge is 0.272 e. The molecule has 3 rings (SSSR count). The van der Waals surface area contributed by atoms with Crippen LogP contribution in [0.3, 0.4) is 0 Å². The fraction of sp³-hybridized carbons (Fsp3) is 0.278. The number of aromatic nitrogens is 2. The zero-order chi connectivity index (χ0) is 19.2. The molecule has 140 valence electrons. The van der Waals surface area contributed by atoms with E-state index in [1.807, 2.05) is 0 Å². The summed E-state index contributed by atoms with van der Waals surface area (Å²) in [6.07, 6.45) is 2.32. The number of rotatable bonds is 5. The van der Waals surface area contributed by atoms with Crippen LogP contribution in [0.2, 0.25) is 0 Å². The number of carbonyl (C=O) groups excluding carboxylic acids is 3. The molecule has 0 bridgehead atoms. The van der Waals surface area contributed by atoms with Crippen LogP contribution in [0, 0.1) is 0 Å². The Morgan fingerprint density at radius 1 is 1.04 bits per heavy atom. The SMILES string of the molecule is CC(=O)Nc1ccc(Nc2nccc(C(=O)N3CCN(C=O)CC3)n2)cc1. The van der Waals surface area contributed by atoms with Gasteiger partial charge in [0.1, 0.15) is 5.69 Å². The van der Waals surface area contributed by atoms with E-state index in [9.17, 15) is 14.4 Å². The topological polar surface area (TPSA) is 108 Å². The van der Waals surface area contributed by atoms with Gasteiger partial charge in [0.2, 0.25) is 18.3 Å². The molecular formula is C18H20N6O3. The molecule has 0 unspecified atom stereocenters. The molecule has 2 aromatic rings. The van der Waals surface area contributed by atoms with Gasteiger partial charge < -0.3 is 20.4 Å². The average Bonchev–Trinajstić information content (AvgIpc) is 2.69. The van der Waals surface area contributed by atoms with Crippen molar-refractivity contribution >= 4 is 35.5 Å². The lowest BCUT2D eigenvalue weighted by Gasteiger charge is -2.32. The lowest BCUT2D eigenvalue weighted by molar-refractivity contribution is -0.119.